The van der Waals surface area contributed by atoms with Crippen LogP contribution in [0, 0.1) is 24.0 Å². The molecule has 15 heteroatoms. The minimum Gasteiger partial charge on any atom is -0.480 e. The third kappa shape index (κ3) is 7.63. The van der Waals surface area contributed by atoms with Gasteiger partial charge in [-0.1, -0.05) is 12.8 Å². The molecule has 0 unspecified atom stereocenters. The van der Waals surface area contributed by atoms with Crippen molar-refractivity contribution in [2.24, 2.45) is 0 Å². The van der Waals surface area contributed by atoms with Crippen molar-refractivity contribution in [3.8, 4) is 0 Å². The second-order valence-corrected chi connectivity index (χ2v) is 14.0. The van der Waals surface area contributed by atoms with E-state index in [2.05, 4.69) is 15.2 Å². The molecule has 43 heavy (non-hydrogen) atoms. The number of aryl methyl sites for hydroxylation is 1. The van der Waals surface area contributed by atoms with Crippen LogP contribution in [-0.2, 0) is 24.8 Å². The Hall–Kier alpha value is -3.27. The van der Waals surface area contributed by atoms with E-state index in [9.17, 15) is 25.6 Å². The van der Waals surface area contributed by atoms with Crippen LogP contribution < -0.4 is 0 Å². The fraction of sp³-hybridized carbons (Fsp3) is 0.464. The van der Waals surface area contributed by atoms with E-state index in [1.807, 2.05) is 0 Å². The Bertz CT molecular complexity index is 1600. The first-order chi connectivity index (χ1) is 20.4. The lowest BCUT2D eigenvalue weighted by molar-refractivity contribution is 0.238. The highest BCUT2D eigenvalue weighted by atomic mass is 32.2. The zero-order valence-electron chi connectivity index (χ0n) is 24.0. The fourth-order valence-corrected chi connectivity index (χ4v) is 8.46. The Morgan fingerprint density at radius 2 is 1.40 bits per heavy atom. The molecule has 0 bridgehead atoms. The van der Waals surface area contributed by atoms with Crippen LogP contribution >= 0.6 is 0 Å². The standard InChI is InChI=1S/C14H17FN4O2S.C14H19FN2O3S/c1-10-16-14(18-17-10)13-4-2-3-9-19(13)22(20,21)12-7-5-11(15)6-8-12;1-2-20-14(16)13-5-3-4-10-17(13)21(18,19)12-8-6-11(15)7-9-12/h5-8,13H,2-4,9H2,1H3,(H,16,17,18);6-9,13,16H,2-5,10H2,1H3/t2*13-/m00/s1. The van der Waals surface area contributed by atoms with Gasteiger partial charge in [0.05, 0.1) is 22.4 Å². The van der Waals surface area contributed by atoms with Gasteiger partial charge in [-0.05, 0) is 88.1 Å². The number of nitrogens with one attached hydrogen (secondary N) is 2. The Kier molecular flexibility index (Phi) is 10.6. The molecule has 2 aromatic carbocycles. The zero-order chi connectivity index (χ0) is 31.2. The van der Waals surface area contributed by atoms with Gasteiger partial charge in [0.2, 0.25) is 20.0 Å². The summed E-state index contributed by atoms with van der Waals surface area (Å²) >= 11 is 0. The normalized spacial score (nSPS) is 20.2. The summed E-state index contributed by atoms with van der Waals surface area (Å²) in [7, 11) is -7.44. The molecule has 2 aliphatic rings. The van der Waals surface area contributed by atoms with E-state index in [1.54, 1.807) is 13.8 Å². The lowest BCUT2D eigenvalue weighted by Crippen LogP contribution is -2.48. The number of halogens is 2. The van der Waals surface area contributed by atoms with Crippen LogP contribution in [0.2, 0.25) is 0 Å². The molecule has 2 aliphatic heterocycles. The van der Waals surface area contributed by atoms with Crippen LogP contribution in [-0.4, -0.2) is 72.3 Å². The van der Waals surface area contributed by atoms with Gasteiger partial charge in [0.1, 0.15) is 23.5 Å². The van der Waals surface area contributed by atoms with Crippen molar-refractivity contribution >= 4 is 25.9 Å². The van der Waals surface area contributed by atoms with E-state index in [0.29, 0.717) is 44.2 Å². The smallest absolute Gasteiger partial charge is 0.243 e. The number of hydrogen-bond acceptors (Lipinski definition) is 8. The van der Waals surface area contributed by atoms with Gasteiger partial charge in [0, 0.05) is 13.1 Å². The van der Waals surface area contributed by atoms with Gasteiger partial charge in [-0.2, -0.15) is 13.7 Å². The molecule has 11 nitrogen and oxygen atoms in total. The number of aromatic amines is 1. The third-order valence-corrected chi connectivity index (χ3v) is 11.1. The first-order valence-electron chi connectivity index (χ1n) is 14.1. The van der Waals surface area contributed by atoms with Gasteiger partial charge >= 0.3 is 0 Å². The molecule has 5 rings (SSSR count). The summed E-state index contributed by atoms with van der Waals surface area (Å²) in [4.78, 5) is 4.41. The highest BCUT2D eigenvalue weighted by Crippen LogP contribution is 2.34. The highest BCUT2D eigenvalue weighted by Gasteiger charge is 2.37. The number of rotatable bonds is 7. The van der Waals surface area contributed by atoms with Gasteiger partial charge < -0.3 is 4.74 Å². The van der Waals surface area contributed by atoms with E-state index in [-0.39, 0.29) is 21.7 Å². The molecule has 0 spiro atoms. The number of hydrogen-bond donors (Lipinski definition) is 2. The average molecular weight is 639 g/mol. The molecule has 2 saturated heterocycles. The van der Waals surface area contributed by atoms with E-state index in [0.717, 1.165) is 49.9 Å². The number of H-pyrrole nitrogens is 1. The van der Waals surface area contributed by atoms with Crippen molar-refractivity contribution in [1.82, 2.24) is 23.8 Å². The highest BCUT2D eigenvalue weighted by molar-refractivity contribution is 7.89. The Morgan fingerprint density at radius 3 is 1.91 bits per heavy atom. The molecule has 3 aromatic rings. The quantitative estimate of drug-likeness (QED) is 0.285. The molecule has 1 aromatic heterocycles. The van der Waals surface area contributed by atoms with Gasteiger partial charge in [0.25, 0.3) is 0 Å². The molecule has 0 saturated carbocycles. The monoisotopic (exact) mass is 638 g/mol. The number of aromatic nitrogens is 3. The molecule has 0 radical (unpaired) electrons. The zero-order valence-corrected chi connectivity index (χ0v) is 25.7. The molecule has 2 atom stereocenters. The van der Waals surface area contributed by atoms with Crippen molar-refractivity contribution < 1.29 is 30.4 Å². The van der Waals surface area contributed by atoms with Crippen LogP contribution in [0.1, 0.15) is 63.1 Å². The van der Waals surface area contributed by atoms with Crippen molar-refractivity contribution in [1.29, 1.82) is 5.41 Å². The predicted molar refractivity (Wildman–Crippen MR) is 155 cm³/mol. The molecule has 2 N–H and O–H groups in total. The van der Waals surface area contributed by atoms with Gasteiger partial charge in [-0.3, -0.25) is 10.5 Å². The van der Waals surface area contributed by atoms with Gasteiger partial charge in [-0.15, -0.1) is 0 Å². The molecule has 2 fully saturated rings. The van der Waals surface area contributed by atoms with Crippen LogP contribution in [0.4, 0.5) is 8.78 Å². The second-order valence-electron chi connectivity index (χ2n) is 10.2. The predicted octanol–water partition coefficient (Wildman–Crippen LogP) is 4.55. The lowest BCUT2D eigenvalue weighted by atomic mass is 10.0. The molecular weight excluding hydrogens is 602 g/mol. The van der Waals surface area contributed by atoms with Crippen molar-refractivity contribution in [3.05, 3.63) is 71.8 Å². The van der Waals surface area contributed by atoms with Crippen LogP contribution in [0.5, 0.6) is 0 Å². The molecule has 0 aliphatic carbocycles. The van der Waals surface area contributed by atoms with Crippen molar-refractivity contribution in [3.63, 3.8) is 0 Å². The summed E-state index contributed by atoms with van der Waals surface area (Å²) in [5.41, 5.74) is 0. The maximum absolute atomic E-state index is 13.0. The minimum atomic E-state index is -3.75. The summed E-state index contributed by atoms with van der Waals surface area (Å²) in [5, 5.41) is 14.8. The first-order valence-corrected chi connectivity index (χ1v) is 17.0. The molecule has 0 amide bonds. The average Bonchev–Trinajstić information content (AvgIpc) is 3.44. The van der Waals surface area contributed by atoms with Crippen LogP contribution in [0.25, 0.3) is 0 Å². The number of nitrogens with zero attached hydrogens (tertiary/aromatic N) is 4. The second kappa shape index (κ2) is 14.0. The number of benzene rings is 2. The maximum atomic E-state index is 13.0. The summed E-state index contributed by atoms with van der Waals surface area (Å²) in [6.07, 6.45) is 4.57. The van der Waals surface area contributed by atoms with E-state index >= 15 is 0 Å². The van der Waals surface area contributed by atoms with E-state index < -0.39 is 37.7 Å². The SMILES string of the molecule is CCOC(=N)[C@@H]1CCCCN1S(=O)(=O)c1ccc(F)cc1.Cc1nc([C@@H]2CCCCN2S(=O)(=O)c2ccc(F)cc2)n[nH]1. The van der Waals surface area contributed by atoms with Crippen molar-refractivity contribution in [2.45, 2.75) is 74.2 Å². The number of ether oxygens (including phenoxy) is 1. The summed E-state index contributed by atoms with van der Waals surface area (Å²) < 4.78 is 84.9. The van der Waals surface area contributed by atoms with Gasteiger partial charge in [-0.25, -0.2) is 30.6 Å². The Morgan fingerprint density at radius 1 is 0.884 bits per heavy atom. The molecule has 3 heterocycles. The Labute approximate surface area is 250 Å². The first kappa shape index (κ1) is 32.6. The van der Waals surface area contributed by atoms with Crippen LogP contribution in [0.3, 0.4) is 0 Å². The topological polar surface area (TPSA) is 149 Å². The number of piperidine rings is 2. The van der Waals surface area contributed by atoms with Gasteiger partial charge in [0.15, 0.2) is 11.7 Å². The summed E-state index contributed by atoms with van der Waals surface area (Å²) in [6, 6.07) is 8.69. The maximum Gasteiger partial charge on any atom is 0.243 e. The molecule has 234 valence electrons. The Balaban J connectivity index is 0.000000197. The van der Waals surface area contributed by atoms with Crippen LogP contribution in [0.15, 0.2) is 58.3 Å². The van der Waals surface area contributed by atoms with Crippen molar-refractivity contribution in [2.75, 3.05) is 19.7 Å². The molecular formula is C28H36F2N6O5S2. The number of sulfonamides is 2. The minimum absolute atomic E-state index is 0.0251. The largest absolute Gasteiger partial charge is 0.480 e. The van der Waals surface area contributed by atoms with E-state index in [1.165, 1.54) is 32.9 Å². The van der Waals surface area contributed by atoms with E-state index in [4.69, 9.17) is 10.1 Å². The summed E-state index contributed by atoms with van der Waals surface area (Å²) in [6.45, 7) is 4.63. The lowest BCUT2D eigenvalue weighted by Gasteiger charge is -2.34. The summed E-state index contributed by atoms with van der Waals surface area (Å²) in [5.74, 6) is 0.176. The fourth-order valence-electron chi connectivity index (χ4n) is 5.15. The third-order valence-electron chi connectivity index (χ3n) is 7.26.